The second-order valence-electron chi connectivity index (χ2n) is 2.37. The maximum Gasteiger partial charge on any atom is 0.335 e. The number of carbonyl (C=O) groups excluding carboxylic acids is 1. The zero-order valence-corrected chi connectivity index (χ0v) is 8.27. The number of nitrogens with two attached hydrogens (primary N) is 1. The van der Waals surface area contributed by atoms with Crippen molar-refractivity contribution < 1.29 is 14.3 Å². The van der Waals surface area contributed by atoms with Crippen LogP contribution >= 0.6 is 0 Å². The number of urea groups is 1. The third-order valence-electron chi connectivity index (χ3n) is 1.45. The van der Waals surface area contributed by atoms with Crippen LogP contribution in [-0.2, 0) is 0 Å². The minimum atomic E-state index is -0.634. The van der Waals surface area contributed by atoms with Crippen LogP contribution in [0.1, 0.15) is 0 Å². The van der Waals surface area contributed by atoms with Crippen molar-refractivity contribution in [1.82, 2.24) is 15.4 Å². The van der Waals surface area contributed by atoms with Gasteiger partial charge in [-0.25, -0.2) is 10.6 Å². The highest BCUT2D eigenvalue weighted by atomic mass is 16.5. The highest BCUT2D eigenvalue weighted by Gasteiger charge is 2.07. The van der Waals surface area contributed by atoms with Crippen molar-refractivity contribution in [3.8, 4) is 11.8 Å². The average molecular weight is 213 g/mol. The standard InChI is InChI=1S/C7H11N5O3/c1-14-4-3-5(15-2)10-6(9-4)11-7(13)12-8/h3H,8H2,1-2H3,(H2,9,10,11,12,13). The van der Waals surface area contributed by atoms with Gasteiger partial charge in [-0.05, 0) is 0 Å². The van der Waals surface area contributed by atoms with E-state index in [1.54, 1.807) is 0 Å². The van der Waals surface area contributed by atoms with Crippen LogP contribution in [0.2, 0.25) is 0 Å². The third kappa shape index (κ3) is 2.95. The zero-order chi connectivity index (χ0) is 11.3. The molecule has 1 rings (SSSR count). The van der Waals surface area contributed by atoms with E-state index in [9.17, 15) is 4.79 Å². The Kier molecular flexibility index (Phi) is 3.63. The summed E-state index contributed by atoms with van der Waals surface area (Å²) in [5.74, 6) is 5.46. The average Bonchev–Trinajstić information content (AvgIpc) is 2.28. The summed E-state index contributed by atoms with van der Waals surface area (Å²) >= 11 is 0. The molecule has 0 aliphatic heterocycles. The Balaban J connectivity index is 2.91. The molecule has 1 aromatic rings. The Morgan fingerprint density at radius 3 is 2.27 bits per heavy atom. The van der Waals surface area contributed by atoms with Gasteiger partial charge in [0.1, 0.15) is 0 Å². The highest BCUT2D eigenvalue weighted by molar-refractivity contribution is 5.86. The van der Waals surface area contributed by atoms with Crippen LogP contribution in [0.3, 0.4) is 0 Å². The van der Waals surface area contributed by atoms with Gasteiger partial charge in [0.25, 0.3) is 0 Å². The minimum Gasteiger partial charge on any atom is -0.481 e. The molecule has 0 aromatic carbocycles. The molecule has 15 heavy (non-hydrogen) atoms. The van der Waals surface area contributed by atoms with Crippen LogP contribution in [0.5, 0.6) is 11.8 Å². The number of anilines is 1. The van der Waals surface area contributed by atoms with E-state index in [1.807, 2.05) is 5.43 Å². The maximum atomic E-state index is 10.9. The minimum absolute atomic E-state index is 0.0363. The fourth-order valence-corrected chi connectivity index (χ4v) is 0.807. The lowest BCUT2D eigenvalue weighted by Gasteiger charge is -2.06. The molecule has 0 bridgehead atoms. The van der Waals surface area contributed by atoms with E-state index in [-0.39, 0.29) is 17.7 Å². The Labute approximate surface area is 85.8 Å². The number of ether oxygens (including phenoxy) is 2. The molecule has 82 valence electrons. The van der Waals surface area contributed by atoms with Gasteiger partial charge in [-0.15, -0.1) is 0 Å². The number of nitrogens with zero attached hydrogens (tertiary/aromatic N) is 2. The van der Waals surface area contributed by atoms with E-state index < -0.39 is 6.03 Å². The summed E-state index contributed by atoms with van der Waals surface area (Å²) in [5, 5.41) is 2.28. The molecule has 1 aromatic heterocycles. The topological polar surface area (TPSA) is 111 Å². The van der Waals surface area contributed by atoms with E-state index in [0.717, 1.165) is 0 Å². The second kappa shape index (κ2) is 4.96. The first-order chi connectivity index (χ1) is 7.19. The molecule has 0 aliphatic rings. The molecule has 0 unspecified atom stereocenters. The van der Waals surface area contributed by atoms with Crippen molar-refractivity contribution in [3.63, 3.8) is 0 Å². The Hall–Kier alpha value is -2.09. The van der Waals surface area contributed by atoms with Gasteiger partial charge in [-0.2, -0.15) is 9.97 Å². The second-order valence-corrected chi connectivity index (χ2v) is 2.37. The zero-order valence-electron chi connectivity index (χ0n) is 8.27. The van der Waals surface area contributed by atoms with Crippen molar-refractivity contribution in [1.29, 1.82) is 0 Å². The van der Waals surface area contributed by atoms with E-state index in [4.69, 9.17) is 15.3 Å². The lowest BCUT2D eigenvalue weighted by atomic mass is 10.6. The van der Waals surface area contributed by atoms with Gasteiger partial charge >= 0.3 is 6.03 Å². The summed E-state index contributed by atoms with van der Waals surface area (Å²) in [6.45, 7) is 0. The number of hydrogen-bond acceptors (Lipinski definition) is 6. The largest absolute Gasteiger partial charge is 0.481 e. The molecule has 0 spiro atoms. The molecule has 2 amide bonds. The quantitative estimate of drug-likeness (QED) is 0.354. The molecular weight excluding hydrogens is 202 g/mol. The van der Waals surface area contributed by atoms with E-state index in [1.165, 1.54) is 20.3 Å². The molecule has 1 heterocycles. The monoisotopic (exact) mass is 213 g/mol. The first-order valence-corrected chi connectivity index (χ1v) is 3.94. The van der Waals surface area contributed by atoms with Gasteiger partial charge in [0.15, 0.2) is 0 Å². The van der Waals surface area contributed by atoms with Gasteiger partial charge in [0.2, 0.25) is 17.7 Å². The van der Waals surface area contributed by atoms with Crippen LogP contribution in [-0.4, -0.2) is 30.2 Å². The Morgan fingerprint density at radius 2 is 1.87 bits per heavy atom. The number of carbonyl (C=O) groups is 1. The van der Waals surface area contributed by atoms with Crippen LogP contribution in [0.4, 0.5) is 10.7 Å². The number of hydrogen-bond donors (Lipinski definition) is 3. The van der Waals surface area contributed by atoms with Gasteiger partial charge in [-0.3, -0.25) is 10.7 Å². The number of nitrogens with one attached hydrogen (secondary N) is 2. The lowest BCUT2D eigenvalue weighted by molar-refractivity contribution is 0.252. The number of methoxy groups -OCH3 is 2. The van der Waals surface area contributed by atoms with E-state index >= 15 is 0 Å². The van der Waals surface area contributed by atoms with Gasteiger partial charge < -0.3 is 9.47 Å². The van der Waals surface area contributed by atoms with E-state index in [2.05, 4.69) is 15.3 Å². The van der Waals surface area contributed by atoms with Crippen molar-refractivity contribution in [2.75, 3.05) is 19.5 Å². The first-order valence-electron chi connectivity index (χ1n) is 3.94. The molecular formula is C7H11N5O3. The molecule has 0 radical (unpaired) electrons. The van der Waals surface area contributed by atoms with E-state index in [0.29, 0.717) is 0 Å². The number of aromatic nitrogens is 2. The Morgan fingerprint density at radius 1 is 1.33 bits per heavy atom. The predicted octanol–water partition coefficient (Wildman–Crippen LogP) is -0.511. The first kappa shape index (κ1) is 11.0. The molecule has 8 nitrogen and oxygen atoms in total. The van der Waals surface area contributed by atoms with Crippen LogP contribution in [0.15, 0.2) is 6.07 Å². The number of rotatable bonds is 3. The predicted molar refractivity (Wildman–Crippen MR) is 51.5 cm³/mol. The maximum absolute atomic E-state index is 10.9. The third-order valence-corrected chi connectivity index (χ3v) is 1.45. The van der Waals surface area contributed by atoms with Gasteiger partial charge in [0, 0.05) is 0 Å². The van der Waals surface area contributed by atoms with Gasteiger partial charge in [-0.1, -0.05) is 0 Å². The molecule has 0 saturated carbocycles. The summed E-state index contributed by atoms with van der Waals surface area (Å²) in [7, 11) is 2.88. The SMILES string of the molecule is COc1cc(OC)nc(NC(=O)NN)n1. The van der Waals surface area contributed by atoms with Crippen molar-refractivity contribution in [2.24, 2.45) is 5.84 Å². The molecule has 8 heteroatoms. The highest BCUT2D eigenvalue weighted by Crippen LogP contribution is 2.16. The van der Waals surface area contributed by atoms with Crippen LogP contribution < -0.4 is 26.1 Å². The molecule has 0 saturated heterocycles. The summed E-state index contributed by atoms with van der Waals surface area (Å²) in [6.07, 6.45) is 0. The smallest absolute Gasteiger partial charge is 0.335 e. The molecule has 0 fully saturated rings. The van der Waals surface area contributed by atoms with Crippen molar-refractivity contribution in [2.45, 2.75) is 0 Å². The van der Waals surface area contributed by atoms with Crippen LogP contribution in [0.25, 0.3) is 0 Å². The van der Waals surface area contributed by atoms with Crippen LogP contribution in [0, 0.1) is 0 Å². The normalized spacial score (nSPS) is 9.27. The molecule has 0 atom stereocenters. The van der Waals surface area contributed by atoms with Crippen molar-refractivity contribution in [3.05, 3.63) is 6.07 Å². The summed E-state index contributed by atoms with van der Waals surface area (Å²) in [5.41, 5.74) is 1.88. The summed E-state index contributed by atoms with van der Waals surface area (Å²) < 4.78 is 9.76. The number of hydrazine groups is 1. The van der Waals surface area contributed by atoms with Gasteiger partial charge in [0.05, 0.1) is 20.3 Å². The molecule has 0 aliphatic carbocycles. The summed E-state index contributed by atoms with van der Waals surface area (Å²) in [6, 6.07) is 0.844. The fraction of sp³-hybridized carbons (Fsp3) is 0.286. The molecule has 4 N–H and O–H groups in total. The summed E-state index contributed by atoms with van der Waals surface area (Å²) in [4.78, 5) is 18.6. The van der Waals surface area contributed by atoms with Crippen molar-refractivity contribution >= 4 is 12.0 Å². The lowest BCUT2D eigenvalue weighted by Crippen LogP contribution is -2.34. The fourth-order valence-electron chi connectivity index (χ4n) is 0.807. The number of amides is 2. The Bertz CT molecular complexity index is 334.